The zero-order valence-electron chi connectivity index (χ0n) is 17.0. The fourth-order valence-corrected chi connectivity index (χ4v) is 4.73. The van der Waals surface area contributed by atoms with E-state index in [9.17, 15) is 4.39 Å². The van der Waals surface area contributed by atoms with Gasteiger partial charge in [0.05, 0.1) is 18.7 Å². The predicted molar refractivity (Wildman–Crippen MR) is 117 cm³/mol. The van der Waals surface area contributed by atoms with E-state index >= 15 is 0 Å². The number of ether oxygens (including phenoxy) is 1. The quantitative estimate of drug-likeness (QED) is 0.645. The standard InChI is InChI=1S/C25H26FN3O/c1-2-30-20-13-9-18(10-14-20)24-22-16-29(15-17-7-11-19(26)12-8-17)23-6-4-3-5-21(23)25(22)28-27-24/h3-14,22,24-25,27-28H,2,15-16H2,1H3. The molecule has 3 atom stereocenters. The summed E-state index contributed by atoms with van der Waals surface area (Å²) in [6.07, 6.45) is 0. The molecule has 154 valence electrons. The number of hydrogen-bond donors (Lipinski definition) is 2. The summed E-state index contributed by atoms with van der Waals surface area (Å²) in [6, 6.07) is 24.2. The number of para-hydroxylation sites is 1. The highest BCUT2D eigenvalue weighted by Crippen LogP contribution is 2.45. The molecule has 0 spiro atoms. The molecule has 2 heterocycles. The zero-order valence-corrected chi connectivity index (χ0v) is 17.0. The molecule has 0 aliphatic carbocycles. The summed E-state index contributed by atoms with van der Waals surface area (Å²) in [5.74, 6) is 1.08. The average molecular weight is 404 g/mol. The lowest BCUT2D eigenvalue weighted by Crippen LogP contribution is -2.39. The van der Waals surface area contributed by atoms with E-state index in [2.05, 4.69) is 52.1 Å². The summed E-state index contributed by atoms with van der Waals surface area (Å²) in [4.78, 5) is 2.42. The van der Waals surface area contributed by atoms with Crippen LogP contribution in [0.2, 0.25) is 0 Å². The van der Waals surface area contributed by atoms with Crippen LogP contribution in [0.25, 0.3) is 0 Å². The first-order chi connectivity index (χ1) is 14.7. The SMILES string of the molecule is CCOc1ccc(C2NNC3c4ccccc4N(Cc4ccc(F)cc4)CC23)cc1. The normalized spacial score (nSPS) is 22.5. The molecule has 0 radical (unpaired) electrons. The van der Waals surface area contributed by atoms with Gasteiger partial charge in [-0.2, -0.15) is 0 Å². The van der Waals surface area contributed by atoms with E-state index in [-0.39, 0.29) is 17.9 Å². The lowest BCUT2D eigenvalue weighted by Gasteiger charge is -2.39. The molecular weight excluding hydrogens is 377 g/mol. The fraction of sp³-hybridized carbons (Fsp3) is 0.280. The molecule has 0 aromatic heterocycles. The molecule has 5 rings (SSSR count). The van der Waals surface area contributed by atoms with E-state index < -0.39 is 0 Å². The van der Waals surface area contributed by atoms with Crippen LogP contribution in [-0.2, 0) is 6.54 Å². The summed E-state index contributed by atoms with van der Waals surface area (Å²) in [5, 5.41) is 0. The number of hydrogen-bond acceptors (Lipinski definition) is 4. The highest BCUT2D eigenvalue weighted by Gasteiger charge is 2.43. The minimum atomic E-state index is -0.197. The van der Waals surface area contributed by atoms with E-state index in [0.717, 1.165) is 24.4 Å². The van der Waals surface area contributed by atoms with Crippen LogP contribution in [0.1, 0.15) is 35.7 Å². The van der Waals surface area contributed by atoms with Gasteiger partial charge in [-0.05, 0) is 53.9 Å². The van der Waals surface area contributed by atoms with Crippen molar-refractivity contribution in [3.63, 3.8) is 0 Å². The first-order valence-electron chi connectivity index (χ1n) is 10.5. The van der Waals surface area contributed by atoms with Crippen molar-refractivity contribution in [1.82, 2.24) is 10.9 Å². The van der Waals surface area contributed by atoms with Crippen molar-refractivity contribution in [2.75, 3.05) is 18.1 Å². The van der Waals surface area contributed by atoms with E-state index in [4.69, 9.17) is 4.74 Å². The number of anilines is 1. The van der Waals surface area contributed by atoms with Crippen molar-refractivity contribution in [1.29, 1.82) is 0 Å². The Morgan fingerprint density at radius 2 is 1.67 bits per heavy atom. The van der Waals surface area contributed by atoms with Gasteiger partial charge in [0.2, 0.25) is 0 Å². The molecule has 4 nitrogen and oxygen atoms in total. The largest absolute Gasteiger partial charge is 0.494 e. The predicted octanol–water partition coefficient (Wildman–Crippen LogP) is 4.75. The Hall–Kier alpha value is -2.89. The highest BCUT2D eigenvalue weighted by molar-refractivity contribution is 5.58. The molecule has 0 saturated carbocycles. The molecule has 0 bridgehead atoms. The third kappa shape index (κ3) is 3.55. The number of fused-ring (bicyclic) bond motifs is 3. The lowest BCUT2D eigenvalue weighted by atomic mass is 9.82. The van der Waals surface area contributed by atoms with Crippen LogP contribution in [0.5, 0.6) is 5.75 Å². The Morgan fingerprint density at radius 1 is 0.933 bits per heavy atom. The minimum Gasteiger partial charge on any atom is -0.494 e. The van der Waals surface area contributed by atoms with Crippen LogP contribution >= 0.6 is 0 Å². The summed E-state index contributed by atoms with van der Waals surface area (Å²) in [5.41, 5.74) is 12.0. The molecular formula is C25H26FN3O. The van der Waals surface area contributed by atoms with Crippen LogP contribution in [0.3, 0.4) is 0 Å². The number of nitrogens with zero attached hydrogens (tertiary/aromatic N) is 1. The van der Waals surface area contributed by atoms with Crippen LogP contribution < -0.4 is 20.5 Å². The maximum atomic E-state index is 13.4. The number of halogens is 1. The number of rotatable bonds is 5. The second kappa shape index (κ2) is 8.09. The molecule has 1 saturated heterocycles. The number of nitrogens with one attached hydrogen (secondary N) is 2. The second-order valence-electron chi connectivity index (χ2n) is 7.98. The smallest absolute Gasteiger partial charge is 0.123 e. The van der Waals surface area contributed by atoms with Gasteiger partial charge in [-0.15, -0.1) is 0 Å². The number of hydrazine groups is 1. The van der Waals surface area contributed by atoms with Crippen molar-refractivity contribution < 1.29 is 9.13 Å². The van der Waals surface area contributed by atoms with Gasteiger partial charge in [-0.3, -0.25) is 0 Å². The molecule has 0 amide bonds. The van der Waals surface area contributed by atoms with Crippen molar-refractivity contribution >= 4 is 5.69 Å². The van der Waals surface area contributed by atoms with Crippen LogP contribution in [0, 0.1) is 11.7 Å². The van der Waals surface area contributed by atoms with E-state index in [0.29, 0.717) is 12.5 Å². The monoisotopic (exact) mass is 403 g/mol. The van der Waals surface area contributed by atoms with Gasteiger partial charge in [0, 0.05) is 24.7 Å². The minimum absolute atomic E-state index is 0.197. The molecule has 2 N–H and O–H groups in total. The van der Waals surface area contributed by atoms with E-state index in [1.807, 2.05) is 31.2 Å². The summed E-state index contributed by atoms with van der Waals surface area (Å²) in [6.45, 7) is 4.34. The van der Waals surface area contributed by atoms with Crippen molar-refractivity contribution in [3.8, 4) is 5.75 Å². The summed E-state index contributed by atoms with van der Waals surface area (Å²) >= 11 is 0. The third-order valence-corrected chi connectivity index (χ3v) is 6.13. The Balaban J connectivity index is 1.44. The van der Waals surface area contributed by atoms with Crippen molar-refractivity contribution in [2.24, 2.45) is 5.92 Å². The maximum Gasteiger partial charge on any atom is 0.123 e. The molecule has 30 heavy (non-hydrogen) atoms. The third-order valence-electron chi connectivity index (χ3n) is 6.13. The Kier molecular flexibility index (Phi) is 5.15. The Labute approximate surface area is 176 Å². The van der Waals surface area contributed by atoms with Gasteiger partial charge in [0.25, 0.3) is 0 Å². The van der Waals surface area contributed by atoms with Gasteiger partial charge in [-0.1, -0.05) is 42.5 Å². The fourth-order valence-electron chi connectivity index (χ4n) is 4.73. The van der Waals surface area contributed by atoms with Crippen LogP contribution in [0.15, 0.2) is 72.8 Å². The summed E-state index contributed by atoms with van der Waals surface area (Å²) in [7, 11) is 0. The Bertz CT molecular complexity index is 1010. The molecule has 3 aromatic rings. The van der Waals surface area contributed by atoms with E-state index in [1.54, 1.807) is 0 Å². The maximum absolute atomic E-state index is 13.4. The lowest BCUT2D eigenvalue weighted by molar-refractivity contribution is 0.339. The zero-order chi connectivity index (χ0) is 20.5. The van der Waals surface area contributed by atoms with Gasteiger partial charge in [0.1, 0.15) is 11.6 Å². The molecule has 3 aromatic carbocycles. The first kappa shape index (κ1) is 19.1. The number of benzene rings is 3. The molecule has 2 aliphatic heterocycles. The van der Waals surface area contributed by atoms with Gasteiger partial charge in [-0.25, -0.2) is 15.2 Å². The topological polar surface area (TPSA) is 36.5 Å². The van der Waals surface area contributed by atoms with Crippen LogP contribution in [0.4, 0.5) is 10.1 Å². The van der Waals surface area contributed by atoms with Crippen molar-refractivity contribution in [2.45, 2.75) is 25.6 Å². The summed E-state index contributed by atoms with van der Waals surface area (Å²) < 4.78 is 19.0. The van der Waals surface area contributed by atoms with Gasteiger partial charge in [0.15, 0.2) is 0 Å². The van der Waals surface area contributed by atoms with Crippen molar-refractivity contribution in [3.05, 3.63) is 95.3 Å². The second-order valence-corrected chi connectivity index (χ2v) is 7.98. The highest BCUT2D eigenvalue weighted by atomic mass is 19.1. The van der Waals surface area contributed by atoms with E-state index in [1.165, 1.54) is 28.9 Å². The molecule has 5 heteroatoms. The molecule has 2 aliphatic rings. The molecule has 1 fully saturated rings. The van der Waals surface area contributed by atoms with Crippen LogP contribution in [-0.4, -0.2) is 13.2 Å². The average Bonchev–Trinajstić information content (AvgIpc) is 3.20. The van der Waals surface area contributed by atoms with Gasteiger partial charge >= 0.3 is 0 Å². The first-order valence-corrected chi connectivity index (χ1v) is 10.5. The molecule has 3 unspecified atom stereocenters. The Morgan fingerprint density at radius 3 is 2.43 bits per heavy atom. The van der Waals surface area contributed by atoms with Gasteiger partial charge < -0.3 is 9.64 Å².